The molecule has 0 radical (unpaired) electrons. The quantitative estimate of drug-likeness (QED) is 0.677. The molecule has 6 nitrogen and oxygen atoms in total. The van der Waals surface area contributed by atoms with Crippen molar-refractivity contribution in [2.75, 3.05) is 4.90 Å². The minimum Gasteiger partial charge on any atom is -0.479 e. The zero-order valence-electron chi connectivity index (χ0n) is 16.9. The van der Waals surface area contributed by atoms with Crippen LogP contribution in [-0.2, 0) is 20.7 Å². The summed E-state index contributed by atoms with van der Waals surface area (Å²) in [6, 6.07) is 4.88. The van der Waals surface area contributed by atoms with Gasteiger partial charge in [-0.2, -0.15) is 0 Å². The Bertz CT molecular complexity index is 877. The molecule has 0 aliphatic carbocycles. The largest absolute Gasteiger partial charge is 0.479 e. The van der Waals surface area contributed by atoms with Crippen molar-refractivity contribution in [1.82, 2.24) is 4.98 Å². The Balaban J connectivity index is 1.99. The molecule has 1 amide bonds. The number of hydrogen-bond donors (Lipinski definition) is 0. The number of aryl methyl sites for hydroxylation is 1. The Morgan fingerprint density at radius 1 is 1.36 bits per heavy atom. The first-order valence-corrected chi connectivity index (χ1v) is 10.5. The Morgan fingerprint density at radius 2 is 2.11 bits per heavy atom. The number of carbonyl (C=O) groups excluding carboxylic acids is 2. The molecule has 1 aromatic carbocycles. The fourth-order valence-electron chi connectivity index (χ4n) is 3.13. The standard InChI is InChI=1S/C21H26N2O4S/c1-6-7-19-22-16(11-28-19)15-8-9-18-17(10-15)23(20(24)14(5)27-18)13(4)21(25)26-12(2)3/h8-14H,6-7H2,1-5H3. The molecule has 28 heavy (non-hydrogen) atoms. The molecule has 3 rings (SSSR count). The number of ether oxygens (including phenoxy) is 2. The molecule has 2 heterocycles. The molecule has 150 valence electrons. The van der Waals surface area contributed by atoms with Gasteiger partial charge in [0.05, 0.1) is 22.5 Å². The second-order valence-corrected chi connectivity index (χ2v) is 8.13. The molecule has 0 bridgehead atoms. The van der Waals surface area contributed by atoms with Crippen molar-refractivity contribution >= 4 is 28.9 Å². The summed E-state index contributed by atoms with van der Waals surface area (Å²) >= 11 is 1.63. The Kier molecular flexibility index (Phi) is 6.03. The van der Waals surface area contributed by atoms with Crippen LogP contribution in [0.4, 0.5) is 5.69 Å². The van der Waals surface area contributed by atoms with Crippen LogP contribution in [-0.4, -0.2) is 35.1 Å². The van der Waals surface area contributed by atoms with E-state index >= 15 is 0 Å². The molecule has 2 unspecified atom stereocenters. The van der Waals surface area contributed by atoms with Crippen molar-refractivity contribution < 1.29 is 19.1 Å². The lowest BCUT2D eigenvalue weighted by Gasteiger charge is -2.36. The van der Waals surface area contributed by atoms with Crippen LogP contribution in [0.5, 0.6) is 5.75 Å². The third-order valence-electron chi connectivity index (χ3n) is 4.50. The number of fused-ring (bicyclic) bond motifs is 1. The predicted octanol–water partition coefficient (Wildman–Crippen LogP) is 4.22. The number of carbonyl (C=O) groups is 2. The number of amides is 1. The van der Waals surface area contributed by atoms with E-state index in [-0.39, 0.29) is 12.0 Å². The van der Waals surface area contributed by atoms with E-state index in [2.05, 4.69) is 11.9 Å². The van der Waals surface area contributed by atoms with Gasteiger partial charge in [-0.25, -0.2) is 9.78 Å². The first-order chi connectivity index (χ1) is 13.3. The molecule has 2 atom stereocenters. The number of rotatable bonds is 6. The van der Waals surface area contributed by atoms with Gasteiger partial charge in [-0.15, -0.1) is 11.3 Å². The lowest BCUT2D eigenvalue weighted by Crippen LogP contribution is -2.52. The summed E-state index contributed by atoms with van der Waals surface area (Å²) in [6.45, 7) is 9.07. The van der Waals surface area contributed by atoms with Crippen molar-refractivity contribution in [2.24, 2.45) is 0 Å². The number of anilines is 1. The second-order valence-electron chi connectivity index (χ2n) is 7.19. The molecule has 0 saturated carbocycles. The number of nitrogens with zero attached hydrogens (tertiary/aromatic N) is 2. The van der Waals surface area contributed by atoms with Crippen molar-refractivity contribution in [3.8, 4) is 17.0 Å². The van der Waals surface area contributed by atoms with E-state index in [1.165, 1.54) is 4.90 Å². The van der Waals surface area contributed by atoms with E-state index in [9.17, 15) is 9.59 Å². The monoisotopic (exact) mass is 402 g/mol. The number of aromatic nitrogens is 1. The molecule has 1 aromatic heterocycles. The first-order valence-electron chi connectivity index (χ1n) is 9.60. The maximum absolute atomic E-state index is 12.8. The number of esters is 1. The van der Waals surface area contributed by atoms with Crippen LogP contribution in [0.25, 0.3) is 11.3 Å². The molecule has 1 aliphatic heterocycles. The van der Waals surface area contributed by atoms with Gasteiger partial charge < -0.3 is 9.47 Å². The normalized spacial score (nSPS) is 17.3. The summed E-state index contributed by atoms with van der Waals surface area (Å²) in [6.07, 6.45) is 1.07. The predicted molar refractivity (Wildman–Crippen MR) is 110 cm³/mol. The van der Waals surface area contributed by atoms with Crippen molar-refractivity contribution in [3.63, 3.8) is 0 Å². The van der Waals surface area contributed by atoms with Gasteiger partial charge in [-0.05, 0) is 58.7 Å². The fraction of sp³-hybridized carbons (Fsp3) is 0.476. The molecule has 7 heteroatoms. The summed E-state index contributed by atoms with van der Waals surface area (Å²) in [7, 11) is 0. The third kappa shape index (κ3) is 4.04. The summed E-state index contributed by atoms with van der Waals surface area (Å²) in [5, 5.41) is 3.10. The Hall–Kier alpha value is -2.41. The van der Waals surface area contributed by atoms with E-state index in [1.807, 2.05) is 23.6 Å². The number of thiazole rings is 1. The van der Waals surface area contributed by atoms with Gasteiger partial charge in [0.2, 0.25) is 0 Å². The van der Waals surface area contributed by atoms with E-state index in [4.69, 9.17) is 9.47 Å². The van der Waals surface area contributed by atoms with Gasteiger partial charge in [-0.1, -0.05) is 6.92 Å². The highest BCUT2D eigenvalue weighted by Gasteiger charge is 2.38. The second kappa shape index (κ2) is 8.31. The van der Waals surface area contributed by atoms with E-state index in [1.54, 1.807) is 39.0 Å². The average molecular weight is 403 g/mol. The topological polar surface area (TPSA) is 68.7 Å². The van der Waals surface area contributed by atoms with Gasteiger partial charge in [0.15, 0.2) is 6.10 Å². The molecular formula is C21H26N2O4S. The molecule has 2 aromatic rings. The minimum atomic E-state index is -0.749. The van der Waals surface area contributed by atoms with E-state index < -0.39 is 18.1 Å². The Labute approximate surface area is 169 Å². The third-order valence-corrected chi connectivity index (χ3v) is 5.41. The van der Waals surface area contributed by atoms with Gasteiger partial charge in [0, 0.05) is 10.9 Å². The van der Waals surface area contributed by atoms with Crippen LogP contribution in [0.1, 0.15) is 46.0 Å². The van der Waals surface area contributed by atoms with Crippen LogP contribution in [0, 0.1) is 0 Å². The van der Waals surface area contributed by atoms with Crippen molar-refractivity contribution in [1.29, 1.82) is 0 Å². The molecule has 0 spiro atoms. The van der Waals surface area contributed by atoms with Crippen molar-refractivity contribution in [2.45, 2.75) is 65.7 Å². The van der Waals surface area contributed by atoms with Crippen LogP contribution in [0.3, 0.4) is 0 Å². The molecular weight excluding hydrogens is 376 g/mol. The van der Waals surface area contributed by atoms with Gasteiger partial charge >= 0.3 is 5.97 Å². The lowest BCUT2D eigenvalue weighted by molar-refractivity contribution is -0.150. The van der Waals surface area contributed by atoms with Crippen molar-refractivity contribution in [3.05, 3.63) is 28.6 Å². The number of hydrogen-bond acceptors (Lipinski definition) is 6. The van der Waals surface area contributed by atoms with Crippen LogP contribution in [0.2, 0.25) is 0 Å². The molecule has 1 aliphatic rings. The van der Waals surface area contributed by atoms with Gasteiger partial charge in [0.25, 0.3) is 5.91 Å². The zero-order chi connectivity index (χ0) is 20.4. The zero-order valence-corrected chi connectivity index (χ0v) is 17.7. The SMILES string of the molecule is CCCc1nc(-c2ccc3c(c2)N(C(C)C(=O)OC(C)C)C(=O)C(C)O3)cs1. The molecule has 0 saturated heterocycles. The summed E-state index contributed by atoms with van der Waals surface area (Å²) in [4.78, 5) is 31.5. The molecule has 0 fully saturated rings. The average Bonchev–Trinajstić information content (AvgIpc) is 3.10. The summed E-state index contributed by atoms with van der Waals surface area (Å²) < 4.78 is 11.1. The van der Waals surface area contributed by atoms with Gasteiger partial charge in [0.1, 0.15) is 11.8 Å². The van der Waals surface area contributed by atoms with Crippen LogP contribution >= 0.6 is 11.3 Å². The van der Waals surface area contributed by atoms with Crippen LogP contribution in [0.15, 0.2) is 23.6 Å². The first kappa shape index (κ1) is 20.3. The lowest BCUT2D eigenvalue weighted by atomic mass is 10.1. The molecule has 0 N–H and O–H groups in total. The highest BCUT2D eigenvalue weighted by Crippen LogP contribution is 2.39. The summed E-state index contributed by atoms with van der Waals surface area (Å²) in [5.74, 6) is -0.125. The minimum absolute atomic E-state index is 0.249. The maximum Gasteiger partial charge on any atom is 0.329 e. The van der Waals surface area contributed by atoms with E-state index in [0.717, 1.165) is 29.1 Å². The summed E-state index contributed by atoms with van der Waals surface area (Å²) in [5.41, 5.74) is 2.32. The number of benzene rings is 1. The van der Waals surface area contributed by atoms with Crippen LogP contribution < -0.4 is 9.64 Å². The highest BCUT2D eigenvalue weighted by atomic mass is 32.1. The van der Waals surface area contributed by atoms with Gasteiger partial charge in [-0.3, -0.25) is 9.69 Å². The smallest absolute Gasteiger partial charge is 0.329 e. The fourth-order valence-corrected chi connectivity index (χ4v) is 4.04. The maximum atomic E-state index is 12.8. The highest BCUT2D eigenvalue weighted by molar-refractivity contribution is 7.09. The van der Waals surface area contributed by atoms with E-state index in [0.29, 0.717) is 11.4 Å². The Morgan fingerprint density at radius 3 is 2.79 bits per heavy atom.